The van der Waals surface area contributed by atoms with E-state index >= 15 is 0 Å². The molecular formula is C16H16F2N2O. The smallest absolute Gasteiger partial charge is 0.251 e. The van der Waals surface area contributed by atoms with E-state index in [1.165, 1.54) is 0 Å². The zero-order valence-corrected chi connectivity index (χ0v) is 11.6. The molecular weight excluding hydrogens is 274 g/mol. The zero-order chi connectivity index (χ0) is 15.4. The molecule has 1 atom stereocenters. The molecule has 0 fully saturated rings. The van der Waals surface area contributed by atoms with E-state index < -0.39 is 23.2 Å². The summed E-state index contributed by atoms with van der Waals surface area (Å²) in [5.74, 6) is -2.30. The summed E-state index contributed by atoms with van der Waals surface area (Å²) in [5, 5.41) is 2.66. The Morgan fingerprint density at radius 1 is 1.19 bits per heavy atom. The van der Waals surface area contributed by atoms with E-state index in [1.807, 2.05) is 37.3 Å². The standard InChI is InChI=1S/C16H16F2N2O/c1-10(11-5-3-2-4-6-11)9-20-16(21)12-7-13(17)15(19)14(18)8-12/h2-8,10H,9,19H2,1H3,(H,20,21). The van der Waals surface area contributed by atoms with Gasteiger partial charge < -0.3 is 11.1 Å². The molecule has 0 aliphatic rings. The minimum atomic E-state index is -0.934. The third kappa shape index (κ3) is 3.56. The molecule has 0 aliphatic heterocycles. The highest BCUT2D eigenvalue weighted by Gasteiger charge is 2.14. The number of anilines is 1. The van der Waals surface area contributed by atoms with Gasteiger partial charge in [0.1, 0.15) is 17.3 Å². The van der Waals surface area contributed by atoms with E-state index in [4.69, 9.17) is 5.73 Å². The van der Waals surface area contributed by atoms with Crippen molar-refractivity contribution in [3.05, 3.63) is 65.2 Å². The van der Waals surface area contributed by atoms with Crippen LogP contribution in [0.4, 0.5) is 14.5 Å². The summed E-state index contributed by atoms with van der Waals surface area (Å²) in [7, 11) is 0. The Hall–Kier alpha value is -2.43. The van der Waals surface area contributed by atoms with Gasteiger partial charge in [0.05, 0.1) is 0 Å². The quantitative estimate of drug-likeness (QED) is 0.850. The molecule has 0 saturated heterocycles. The van der Waals surface area contributed by atoms with Crippen LogP contribution in [0.25, 0.3) is 0 Å². The van der Waals surface area contributed by atoms with Crippen LogP contribution < -0.4 is 11.1 Å². The van der Waals surface area contributed by atoms with Crippen LogP contribution in [0.15, 0.2) is 42.5 Å². The highest BCUT2D eigenvalue weighted by molar-refractivity contribution is 5.94. The molecule has 2 aromatic carbocycles. The summed E-state index contributed by atoms with van der Waals surface area (Å²) in [6.07, 6.45) is 0. The van der Waals surface area contributed by atoms with Crippen molar-refractivity contribution in [2.24, 2.45) is 0 Å². The van der Waals surface area contributed by atoms with Gasteiger partial charge in [0.15, 0.2) is 0 Å². The van der Waals surface area contributed by atoms with Crippen LogP contribution in [-0.4, -0.2) is 12.5 Å². The maximum Gasteiger partial charge on any atom is 0.251 e. The average Bonchev–Trinajstić information content (AvgIpc) is 2.50. The number of halogens is 2. The maximum atomic E-state index is 13.3. The van der Waals surface area contributed by atoms with Gasteiger partial charge in [-0.2, -0.15) is 0 Å². The van der Waals surface area contributed by atoms with Crippen molar-refractivity contribution in [1.82, 2.24) is 5.32 Å². The Morgan fingerprint density at radius 2 is 1.76 bits per heavy atom. The largest absolute Gasteiger partial charge is 0.394 e. The molecule has 0 bridgehead atoms. The maximum absolute atomic E-state index is 13.3. The molecule has 1 amide bonds. The third-order valence-corrected chi connectivity index (χ3v) is 3.28. The minimum absolute atomic E-state index is 0.0838. The van der Waals surface area contributed by atoms with Gasteiger partial charge in [0.2, 0.25) is 0 Å². The molecule has 0 radical (unpaired) electrons. The second-order valence-corrected chi connectivity index (χ2v) is 4.88. The summed E-state index contributed by atoms with van der Waals surface area (Å²) in [6, 6.07) is 11.5. The minimum Gasteiger partial charge on any atom is -0.394 e. The van der Waals surface area contributed by atoms with Crippen molar-refractivity contribution in [3.8, 4) is 0 Å². The van der Waals surface area contributed by atoms with Crippen LogP contribution >= 0.6 is 0 Å². The number of amides is 1. The molecule has 0 spiro atoms. The lowest BCUT2D eigenvalue weighted by Crippen LogP contribution is -2.27. The first-order valence-corrected chi connectivity index (χ1v) is 6.56. The average molecular weight is 290 g/mol. The molecule has 1 unspecified atom stereocenters. The number of rotatable bonds is 4. The van der Waals surface area contributed by atoms with Gasteiger partial charge in [-0.05, 0) is 23.6 Å². The van der Waals surface area contributed by atoms with Crippen molar-refractivity contribution >= 4 is 11.6 Å². The molecule has 0 saturated carbocycles. The topological polar surface area (TPSA) is 55.1 Å². The number of nitrogens with two attached hydrogens (primary N) is 1. The first kappa shape index (κ1) is 15.0. The van der Waals surface area contributed by atoms with Crippen molar-refractivity contribution in [2.75, 3.05) is 12.3 Å². The molecule has 3 nitrogen and oxygen atoms in total. The number of nitrogen functional groups attached to an aromatic ring is 1. The summed E-state index contributed by atoms with van der Waals surface area (Å²) < 4.78 is 26.6. The van der Waals surface area contributed by atoms with E-state index in [1.54, 1.807) is 0 Å². The molecule has 21 heavy (non-hydrogen) atoms. The highest BCUT2D eigenvalue weighted by atomic mass is 19.1. The van der Waals surface area contributed by atoms with E-state index in [0.29, 0.717) is 6.54 Å². The molecule has 0 aliphatic carbocycles. The van der Waals surface area contributed by atoms with Crippen LogP contribution in [0.1, 0.15) is 28.8 Å². The highest BCUT2D eigenvalue weighted by Crippen LogP contribution is 2.18. The second-order valence-electron chi connectivity index (χ2n) is 4.88. The normalized spacial score (nSPS) is 12.0. The van der Waals surface area contributed by atoms with Crippen molar-refractivity contribution in [3.63, 3.8) is 0 Å². The Balaban J connectivity index is 2.02. The second kappa shape index (κ2) is 6.35. The fourth-order valence-corrected chi connectivity index (χ4v) is 1.96. The van der Waals surface area contributed by atoms with Crippen LogP contribution in [0.2, 0.25) is 0 Å². The number of carbonyl (C=O) groups excluding carboxylic acids is 1. The number of benzene rings is 2. The SMILES string of the molecule is CC(CNC(=O)c1cc(F)c(N)c(F)c1)c1ccccc1. The Bertz CT molecular complexity index is 621. The van der Waals surface area contributed by atoms with Crippen LogP contribution in [0.5, 0.6) is 0 Å². The van der Waals surface area contributed by atoms with Crippen molar-refractivity contribution in [1.29, 1.82) is 0 Å². The van der Waals surface area contributed by atoms with Gasteiger partial charge in [-0.1, -0.05) is 37.3 Å². The van der Waals surface area contributed by atoms with Crippen molar-refractivity contribution < 1.29 is 13.6 Å². The predicted octanol–water partition coefficient (Wildman–Crippen LogP) is 3.08. The zero-order valence-electron chi connectivity index (χ0n) is 11.6. The Kier molecular flexibility index (Phi) is 4.52. The van der Waals surface area contributed by atoms with Gasteiger partial charge in [0, 0.05) is 12.1 Å². The Labute approximate surface area is 121 Å². The molecule has 3 N–H and O–H groups in total. The third-order valence-electron chi connectivity index (χ3n) is 3.28. The van der Waals surface area contributed by atoms with E-state index in [0.717, 1.165) is 17.7 Å². The summed E-state index contributed by atoms with van der Waals surface area (Å²) in [5.41, 5.74) is 5.58. The number of carbonyl (C=O) groups is 1. The van der Waals surface area contributed by atoms with Crippen LogP contribution in [-0.2, 0) is 0 Å². The summed E-state index contributed by atoms with van der Waals surface area (Å²) >= 11 is 0. The predicted molar refractivity (Wildman–Crippen MR) is 78.0 cm³/mol. The first-order valence-electron chi connectivity index (χ1n) is 6.56. The Morgan fingerprint density at radius 3 is 2.33 bits per heavy atom. The molecule has 5 heteroatoms. The molecule has 2 aromatic rings. The number of nitrogens with one attached hydrogen (secondary N) is 1. The van der Waals surface area contributed by atoms with E-state index in [-0.39, 0.29) is 11.5 Å². The van der Waals surface area contributed by atoms with E-state index in [2.05, 4.69) is 5.32 Å². The summed E-state index contributed by atoms with van der Waals surface area (Å²) in [6.45, 7) is 2.33. The molecule has 2 rings (SSSR count). The monoisotopic (exact) mass is 290 g/mol. The lowest BCUT2D eigenvalue weighted by molar-refractivity contribution is 0.0951. The van der Waals surface area contributed by atoms with Crippen LogP contribution in [0, 0.1) is 11.6 Å². The first-order chi connectivity index (χ1) is 9.99. The number of hydrogen-bond donors (Lipinski definition) is 2. The summed E-state index contributed by atoms with van der Waals surface area (Å²) in [4.78, 5) is 11.9. The molecule has 0 aromatic heterocycles. The fourth-order valence-electron chi connectivity index (χ4n) is 1.96. The number of hydrogen-bond acceptors (Lipinski definition) is 2. The van der Waals surface area contributed by atoms with Crippen molar-refractivity contribution in [2.45, 2.75) is 12.8 Å². The van der Waals surface area contributed by atoms with Gasteiger partial charge in [0.25, 0.3) is 5.91 Å². The molecule has 110 valence electrons. The lowest BCUT2D eigenvalue weighted by atomic mass is 10.0. The van der Waals surface area contributed by atoms with Gasteiger partial charge >= 0.3 is 0 Å². The fraction of sp³-hybridized carbons (Fsp3) is 0.188. The van der Waals surface area contributed by atoms with E-state index in [9.17, 15) is 13.6 Å². The molecule has 0 heterocycles. The van der Waals surface area contributed by atoms with Gasteiger partial charge in [-0.15, -0.1) is 0 Å². The van der Waals surface area contributed by atoms with Crippen LogP contribution in [0.3, 0.4) is 0 Å². The van der Waals surface area contributed by atoms with Gasteiger partial charge in [-0.3, -0.25) is 4.79 Å². The van der Waals surface area contributed by atoms with Gasteiger partial charge in [-0.25, -0.2) is 8.78 Å². The lowest BCUT2D eigenvalue weighted by Gasteiger charge is -2.13.